The molecule has 0 radical (unpaired) electrons. The molecule has 1 aliphatic carbocycles. The number of anilines is 1. The number of benzene rings is 4. The standard InChI is InChI=1S/C48H56ClF3N4O5S3/c1-33(2)55(34(3)4)29-26-41(32-62-42-11-6-5-7-12-42)56(45-23-22-43(64(53,60)61)30-46(45)63(58,59)48(50,51)52)47(57)38-16-14-35(15-17-38)36-24-27-54(28-25-36)31-39-10-8-9-13-44(39)37-18-20-40(49)21-19-37/h5-7,11-12,14-24,30,33-34,41H,8-10,13,25-29,31-32H2,1-4H3,(H2,53,60,61)/t41-/m1/s1. The van der Waals surface area contributed by atoms with Gasteiger partial charge < -0.3 is 4.90 Å². The molecule has 0 spiro atoms. The molecule has 64 heavy (non-hydrogen) atoms. The second kappa shape index (κ2) is 21.1. The summed E-state index contributed by atoms with van der Waals surface area (Å²) >= 11 is 7.55. The van der Waals surface area contributed by atoms with Gasteiger partial charge in [-0.05, 0) is 143 Å². The van der Waals surface area contributed by atoms with E-state index in [0.29, 0.717) is 17.6 Å². The van der Waals surface area contributed by atoms with Gasteiger partial charge in [-0.3, -0.25) is 14.6 Å². The fourth-order valence-electron chi connectivity index (χ4n) is 8.58. The highest BCUT2D eigenvalue weighted by Gasteiger charge is 2.49. The van der Waals surface area contributed by atoms with E-state index in [1.165, 1.54) is 28.5 Å². The van der Waals surface area contributed by atoms with Gasteiger partial charge in [0.1, 0.15) is 4.90 Å². The zero-order chi connectivity index (χ0) is 46.4. The van der Waals surface area contributed by atoms with E-state index in [4.69, 9.17) is 16.7 Å². The van der Waals surface area contributed by atoms with Gasteiger partial charge >= 0.3 is 5.51 Å². The summed E-state index contributed by atoms with van der Waals surface area (Å²) in [7, 11) is -10.9. The zero-order valence-corrected chi connectivity index (χ0v) is 39.7. The Labute approximate surface area is 385 Å². The second-order valence-corrected chi connectivity index (χ2v) is 21.9. The van der Waals surface area contributed by atoms with Gasteiger partial charge in [-0.1, -0.05) is 65.7 Å². The van der Waals surface area contributed by atoms with Crippen LogP contribution in [0, 0.1) is 0 Å². The molecule has 1 aliphatic heterocycles. The first-order valence-corrected chi connectivity index (χ1v) is 25.9. The minimum Gasteiger partial charge on any atom is -0.303 e. The van der Waals surface area contributed by atoms with E-state index >= 15 is 4.79 Å². The van der Waals surface area contributed by atoms with Gasteiger partial charge in [0.15, 0.2) is 0 Å². The predicted octanol–water partition coefficient (Wildman–Crippen LogP) is 10.7. The minimum absolute atomic E-state index is 0.0756. The number of amides is 1. The summed E-state index contributed by atoms with van der Waals surface area (Å²) in [5.41, 5.74) is -0.261. The average molecular weight is 958 g/mol. The van der Waals surface area contributed by atoms with Crippen molar-refractivity contribution in [3.05, 3.63) is 130 Å². The van der Waals surface area contributed by atoms with Gasteiger partial charge in [-0.25, -0.2) is 22.0 Å². The summed E-state index contributed by atoms with van der Waals surface area (Å²) in [5.74, 6) is -0.573. The Morgan fingerprint density at radius 2 is 1.48 bits per heavy atom. The number of primary sulfonamides is 1. The predicted molar refractivity (Wildman–Crippen MR) is 253 cm³/mol. The summed E-state index contributed by atoms with van der Waals surface area (Å²) in [6, 6.07) is 25.7. The SMILES string of the molecule is CC(C)N(CC[C@H](CSc1ccccc1)N(C(=O)c1ccc(C2=CCN(CC3=C(c4ccc(Cl)cc4)CCCC3)CC2)cc1)c1ccc(S(N)(=O)=O)cc1S(=O)(=O)C(F)(F)F)C(C)C. The summed E-state index contributed by atoms with van der Waals surface area (Å²) in [6.07, 6.45) is 7.59. The van der Waals surface area contributed by atoms with Crippen molar-refractivity contribution in [2.75, 3.05) is 36.8 Å². The normalized spacial score (nSPS) is 16.1. The summed E-state index contributed by atoms with van der Waals surface area (Å²) in [4.78, 5) is 19.4. The molecule has 4 aromatic rings. The number of hydrogen-bond acceptors (Lipinski definition) is 8. The van der Waals surface area contributed by atoms with Crippen LogP contribution >= 0.6 is 23.4 Å². The number of allylic oxidation sites excluding steroid dienone is 1. The van der Waals surface area contributed by atoms with Crippen molar-refractivity contribution in [3.63, 3.8) is 0 Å². The summed E-state index contributed by atoms with van der Waals surface area (Å²) in [6.45, 7) is 10.9. The van der Waals surface area contributed by atoms with Gasteiger partial charge in [0, 0.05) is 65.5 Å². The van der Waals surface area contributed by atoms with E-state index in [2.05, 4.69) is 28.0 Å². The highest BCUT2D eigenvalue weighted by molar-refractivity contribution is 7.99. The van der Waals surface area contributed by atoms with Crippen molar-refractivity contribution in [2.24, 2.45) is 5.14 Å². The molecule has 9 nitrogen and oxygen atoms in total. The smallest absolute Gasteiger partial charge is 0.303 e. The Balaban J connectivity index is 1.36. The fraction of sp³-hybridized carbons (Fsp3) is 0.396. The van der Waals surface area contributed by atoms with Crippen molar-refractivity contribution in [1.29, 1.82) is 0 Å². The molecule has 0 saturated heterocycles. The molecule has 2 N–H and O–H groups in total. The van der Waals surface area contributed by atoms with Crippen LogP contribution in [0.2, 0.25) is 5.02 Å². The van der Waals surface area contributed by atoms with Crippen LogP contribution < -0.4 is 10.0 Å². The third-order valence-corrected chi connectivity index (χ3v) is 15.8. The number of halogens is 4. The first-order valence-electron chi connectivity index (χ1n) is 21.5. The lowest BCUT2D eigenvalue weighted by Gasteiger charge is -2.37. The minimum atomic E-state index is -6.21. The van der Waals surface area contributed by atoms with Gasteiger partial charge in [0.05, 0.1) is 10.6 Å². The Bertz CT molecular complexity index is 2540. The molecule has 2 aliphatic rings. The lowest BCUT2D eigenvalue weighted by Crippen LogP contribution is -2.46. The summed E-state index contributed by atoms with van der Waals surface area (Å²) < 4.78 is 95.1. The molecule has 0 unspecified atom stereocenters. The van der Waals surface area contributed by atoms with E-state index in [-0.39, 0.29) is 29.8 Å². The zero-order valence-electron chi connectivity index (χ0n) is 36.5. The number of thioether (sulfide) groups is 1. The van der Waals surface area contributed by atoms with Crippen molar-refractivity contribution in [3.8, 4) is 0 Å². The number of nitrogens with zero attached hydrogens (tertiary/aromatic N) is 3. The lowest BCUT2D eigenvalue weighted by atomic mass is 9.87. The van der Waals surface area contributed by atoms with E-state index in [1.54, 1.807) is 24.3 Å². The van der Waals surface area contributed by atoms with E-state index in [0.717, 1.165) is 84.8 Å². The summed E-state index contributed by atoms with van der Waals surface area (Å²) in [5, 5.41) is 6.03. The maximum Gasteiger partial charge on any atom is 0.501 e. The van der Waals surface area contributed by atoms with Gasteiger partial charge in [-0.2, -0.15) is 13.2 Å². The number of rotatable bonds is 17. The van der Waals surface area contributed by atoms with Crippen molar-refractivity contribution in [1.82, 2.24) is 9.80 Å². The quantitative estimate of drug-likeness (QED) is 0.104. The number of nitrogens with two attached hydrogens (primary N) is 1. The Hall–Kier alpha value is -3.96. The Kier molecular flexibility index (Phi) is 16.3. The third kappa shape index (κ3) is 12.1. The van der Waals surface area contributed by atoms with Gasteiger partial charge in [0.25, 0.3) is 15.7 Å². The molecule has 0 bridgehead atoms. The van der Waals surface area contributed by atoms with Crippen LogP contribution in [0.4, 0.5) is 18.9 Å². The molecule has 16 heteroatoms. The molecule has 1 amide bonds. The van der Waals surface area contributed by atoms with Crippen LogP contribution in [0.1, 0.15) is 87.7 Å². The van der Waals surface area contributed by atoms with Crippen LogP contribution in [-0.4, -0.2) is 88.1 Å². The van der Waals surface area contributed by atoms with Crippen molar-refractivity contribution < 1.29 is 34.8 Å². The van der Waals surface area contributed by atoms with Gasteiger partial charge in [-0.15, -0.1) is 11.8 Å². The average Bonchev–Trinajstić information content (AvgIpc) is 3.25. The molecule has 0 aromatic heterocycles. The highest BCUT2D eigenvalue weighted by atomic mass is 35.5. The van der Waals surface area contributed by atoms with E-state index in [1.807, 2.05) is 70.2 Å². The molecule has 4 aromatic carbocycles. The van der Waals surface area contributed by atoms with Crippen LogP contribution in [0.3, 0.4) is 0 Å². The van der Waals surface area contributed by atoms with E-state index in [9.17, 15) is 30.0 Å². The van der Waals surface area contributed by atoms with Crippen LogP contribution in [-0.2, 0) is 19.9 Å². The van der Waals surface area contributed by atoms with Crippen LogP contribution in [0.5, 0.6) is 0 Å². The molecule has 344 valence electrons. The van der Waals surface area contributed by atoms with Gasteiger partial charge in [0.2, 0.25) is 10.0 Å². The molecule has 1 heterocycles. The number of carbonyl (C=O) groups excluding carboxylic acids is 1. The molecule has 1 atom stereocenters. The van der Waals surface area contributed by atoms with Crippen molar-refractivity contribution in [2.45, 2.75) is 105 Å². The number of sulfone groups is 1. The van der Waals surface area contributed by atoms with Crippen molar-refractivity contribution >= 4 is 66.0 Å². The maximum atomic E-state index is 15.0. The molecule has 0 saturated carbocycles. The van der Waals surface area contributed by atoms with Crippen LogP contribution in [0.15, 0.2) is 123 Å². The highest BCUT2D eigenvalue weighted by Crippen LogP contribution is 2.40. The second-order valence-electron chi connectivity index (χ2n) is 16.9. The third-order valence-electron chi connectivity index (χ3n) is 11.9. The molecule has 0 fully saturated rings. The first kappa shape index (κ1) is 49.5. The fourth-order valence-corrected chi connectivity index (χ4v) is 11.3. The topological polar surface area (TPSA) is 121 Å². The molecular weight excluding hydrogens is 901 g/mol. The molecular formula is C48H56ClF3N4O5S3. The number of carbonyl (C=O) groups is 1. The first-order chi connectivity index (χ1) is 30.2. The Morgan fingerprint density at radius 1 is 0.844 bits per heavy atom. The number of alkyl halides is 3. The largest absolute Gasteiger partial charge is 0.501 e. The van der Waals surface area contributed by atoms with E-state index < -0.39 is 52.8 Å². The monoisotopic (exact) mass is 956 g/mol. The molecule has 6 rings (SSSR count). The number of hydrogen-bond donors (Lipinski definition) is 1. The Morgan fingerprint density at radius 3 is 2.08 bits per heavy atom. The van der Waals surface area contributed by atoms with Crippen LogP contribution in [0.25, 0.3) is 11.1 Å². The maximum absolute atomic E-state index is 15.0. The lowest BCUT2D eigenvalue weighted by molar-refractivity contribution is -0.0436. The number of sulfonamides is 1.